The van der Waals surface area contributed by atoms with Crippen molar-refractivity contribution in [1.82, 2.24) is 14.5 Å². The fourth-order valence-electron chi connectivity index (χ4n) is 3.28. The molecule has 7 nitrogen and oxygen atoms in total. The molecule has 1 aromatic carbocycles. The number of hydrogen-bond donors (Lipinski definition) is 1. The van der Waals surface area contributed by atoms with Crippen LogP contribution in [0.15, 0.2) is 17.0 Å². The molecule has 1 N–H and O–H groups in total. The third kappa shape index (κ3) is 4.67. The second-order valence-corrected chi connectivity index (χ2v) is 11.0. The highest BCUT2D eigenvalue weighted by Gasteiger charge is 2.30. The van der Waals surface area contributed by atoms with Gasteiger partial charge in [0.1, 0.15) is 5.01 Å². The van der Waals surface area contributed by atoms with Crippen molar-refractivity contribution in [3.05, 3.63) is 33.8 Å². The molecule has 1 aliphatic heterocycles. The van der Waals surface area contributed by atoms with Gasteiger partial charge in [0.25, 0.3) is 5.91 Å². The quantitative estimate of drug-likeness (QED) is 0.766. The topological polar surface area (TPSA) is 92.3 Å². The molecular weight excluding hydrogens is 408 g/mol. The van der Waals surface area contributed by atoms with Crippen LogP contribution in [0.25, 0.3) is 0 Å². The molecule has 158 valence electrons. The molecule has 3 rings (SSSR count). The SMILES string of the molecule is Cc1cc(C(=O)Nc2nnc(C(C)C)s2)cc(S(=O)(=O)N2CCC(C)CC2)c1C. The molecule has 0 radical (unpaired) electrons. The van der Waals surface area contributed by atoms with E-state index < -0.39 is 10.0 Å². The summed E-state index contributed by atoms with van der Waals surface area (Å²) in [6, 6.07) is 3.20. The lowest BCUT2D eigenvalue weighted by Crippen LogP contribution is -2.38. The Labute approximate surface area is 176 Å². The molecule has 1 saturated heterocycles. The molecule has 1 aliphatic rings. The number of sulfonamides is 1. The van der Waals surface area contributed by atoms with Crippen LogP contribution in [0, 0.1) is 19.8 Å². The maximum atomic E-state index is 13.3. The molecule has 0 saturated carbocycles. The van der Waals surface area contributed by atoms with Gasteiger partial charge in [-0.2, -0.15) is 4.31 Å². The van der Waals surface area contributed by atoms with Crippen molar-refractivity contribution in [3.63, 3.8) is 0 Å². The van der Waals surface area contributed by atoms with E-state index in [0.717, 1.165) is 23.4 Å². The van der Waals surface area contributed by atoms with Gasteiger partial charge in [-0.15, -0.1) is 10.2 Å². The Morgan fingerprint density at radius 2 is 1.86 bits per heavy atom. The van der Waals surface area contributed by atoms with Gasteiger partial charge in [-0.3, -0.25) is 10.1 Å². The monoisotopic (exact) mass is 436 g/mol. The minimum Gasteiger partial charge on any atom is -0.296 e. The van der Waals surface area contributed by atoms with Crippen molar-refractivity contribution in [2.24, 2.45) is 5.92 Å². The van der Waals surface area contributed by atoms with Crippen LogP contribution in [0.4, 0.5) is 5.13 Å². The first-order valence-electron chi connectivity index (χ1n) is 9.85. The van der Waals surface area contributed by atoms with Crippen LogP contribution in [0.5, 0.6) is 0 Å². The predicted octanol–water partition coefficient (Wildman–Crippen LogP) is 3.95. The van der Waals surface area contributed by atoms with Gasteiger partial charge in [0.05, 0.1) is 4.90 Å². The lowest BCUT2D eigenvalue weighted by atomic mass is 10.0. The summed E-state index contributed by atoms with van der Waals surface area (Å²) >= 11 is 1.32. The summed E-state index contributed by atoms with van der Waals surface area (Å²) in [5.74, 6) is 0.371. The van der Waals surface area contributed by atoms with Gasteiger partial charge >= 0.3 is 0 Å². The van der Waals surface area contributed by atoms with Gasteiger partial charge in [-0.1, -0.05) is 32.1 Å². The van der Waals surface area contributed by atoms with Crippen LogP contribution in [0.3, 0.4) is 0 Å². The maximum absolute atomic E-state index is 13.3. The zero-order valence-corrected chi connectivity index (χ0v) is 19.2. The smallest absolute Gasteiger partial charge is 0.257 e. The minimum absolute atomic E-state index is 0.206. The molecule has 9 heteroatoms. The van der Waals surface area contributed by atoms with Crippen molar-refractivity contribution in [3.8, 4) is 0 Å². The zero-order valence-electron chi connectivity index (χ0n) is 17.5. The molecule has 0 spiro atoms. The van der Waals surface area contributed by atoms with Crippen LogP contribution >= 0.6 is 11.3 Å². The van der Waals surface area contributed by atoms with Gasteiger partial charge in [0.15, 0.2) is 0 Å². The largest absolute Gasteiger partial charge is 0.296 e. The summed E-state index contributed by atoms with van der Waals surface area (Å²) in [5, 5.41) is 12.1. The number of benzene rings is 1. The zero-order chi connectivity index (χ0) is 21.3. The molecule has 0 bridgehead atoms. The van der Waals surface area contributed by atoms with E-state index in [9.17, 15) is 13.2 Å². The van der Waals surface area contributed by atoms with Gasteiger partial charge < -0.3 is 0 Å². The molecule has 0 atom stereocenters. The number of piperidine rings is 1. The van der Waals surface area contributed by atoms with E-state index in [2.05, 4.69) is 22.4 Å². The van der Waals surface area contributed by atoms with Crippen molar-refractivity contribution < 1.29 is 13.2 Å². The van der Waals surface area contributed by atoms with Crippen LogP contribution in [0.2, 0.25) is 0 Å². The number of nitrogens with zero attached hydrogens (tertiary/aromatic N) is 3. The van der Waals surface area contributed by atoms with Gasteiger partial charge in [-0.25, -0.2) is 8.42 Å². The average molecular weight is 437 g/mol. The van der Waals surface area contributed by atoms with Crippen LogP contribution in [-0.2, 0) is 10.0 Å². The number of aromatic nitrogens is 2. The van der Waals surface area contributed by atoms with Crippen LogP contribution < -0.4 is 5.32 Å². The molecule has 2 aromatic rings. The number of hydrogen-bond acceptors (Lipinski definition) is 6. The molecule has 0 aliphatic carbocycles. The van der Waals surface area contributed by atoms with Crippen LogP contribution in [0.1, 0.15) is 66.0 Å². The number of aryl methyl sites for hydroxylation is 1. The van der Waals surface area contributed by atoms with E-state index in [-0.39, 0.29) is 16.7 Å². The molecule has 1 amide bonds. The summed E-state index contributed by atoms with van der Waals surface area (Å²) in [4.78, 5) is 13.0. The second-order valence-electron chi connectivity index (χ2n) is 8.06. The number of nitrogens with one attached hydrogen (secondary N) is 1. The first-order chi connectivity index (χ1) is 13.6. The highest BCUT2D eigenvalue weighted by Crippen LogP contribution is 2.29. The summed E-state index contributed by atoms with van der Waals surface area (Å²) in [7, 11) is -3.65. The molecule has 0 unspecified atom stereocenters. The standard InChI is InChI=1S/C20H28N4O3S2/c1-12(2)19-22-23-20(28-19)21-18(25)16-10-14(4)15(5)17(11-16)29(26,27)24-8-6-13(3)7-9-24/h10-13H,6-9H2,1-5H3,(H,21,23,25). The Bertz CT molecular complexity index is 1010. The molecule has 1 aromatic heterocycles. The highest BCUT2D eigenvalue weighted by atomic mass is 32.2. The normalized spacial score (nSPS) is 16.3. The summed E-state index contributed by atoms with van der Waals surface area (Å²) < 4.78 is 28.0. The first-order valence-corrected chi connectivity index (χ1v) is 12.1. The van der Waals surface area contributed by atoms with Crippen molar-refractivity contribution in [2.45, 2.75) is 58.3 Å². The van der Waals surface area contributed by atoms with E-state index in [1.165, 1.54) is 21.7 Å². The third-order valence-corrected chi connectivity index (χ3v) is 8.56. The lowest BCUT2D eigenvalue weighted by molar-refractivity contribution is 0.102. The van der Waals surface area contributed by atoms with Crippen molar-refractivity contribution in [2.75, 3.05) is 18.4 Å². The van der Waals surface area contributed by atoms with E-state index >= 15 is 0 Å². The molecule has 29 heavy (non-hydrogen) atoms. The number of rotatable bonds is 5. The second kappa shape index (κ2) is 8.49. The lowest BCUT2D eigenvalue weighted by Gasteiger charge is -2.30. The van der Waals surface area contributed by atoms with Gasteiger partial charge in [-0.05, 0) is 55.9 Å². The first kappa shape index (κ1) is 21.9. The minimum atomic E-state index is -3.65. The maximum Gasteiger partial charge on any atom is 0.257 e. The summed E-state index contributed by atoms with van der Waals surface area (Å²) in [6.07, 6.45) is 1.71. The Hall–Kier alpha value is -1.84. The summed E-state index contributed by atoms with van der Waals surface area (Å²) in [6.45, 7) is 10.8. The molecule has 2 heterocycles. The molecular formula is C20H28N4O3S2. The van der Waals surface area contributed by atoms with Gasteiger partial charge in [0, 0.05) is 24.6 Å². The van der Waals surface area contributed by atoms with Gasteiger partial charge in [0.2, 0.25) is 15.2 Å². The van der Waals surface area contributed by atoms with Crippen LogP contribution in [-0.4, -0.2) is 41.9 Å². The predicted molar refractivity (Wildman–Crippen MR) is 115 cm³/mol. The van der Waals surface area contributed by atoms with E-state index in [1.54, 1.807) is 13.0 Å². The number of carbonyl (C=O) groups excluding carboxylic acids is 1. The Balaban J connectivity index is 1.89. The van der Waals surface area contributed by atoms with E-state index in [1.807, 2.05) is 20.8 Å². The Morgan fingerprint density at radius 3 is 2.45 bits per heavy atom. The number of anilines is 1. The average Bonchev–Trinajstić information content (AvgIpc) is 3.12. The highest BCUT2D eigenvalue weighted by molar-refractivity contribution is 7.89. The van der Waals surface area contributed by atoms with Crippen molar-refractivity contribution in [1.29, 1.82) is 0 Å². The molecule has 1 fully saturated rings. The fraction of sp³-hybridized carbons (Fsp3) is 0.550. The van der Waals surface area contributed by atoms with E-state index in [0.29, 0.717) is 35.3 Å². The van der Waals surface area contributed by atoms with Crippen molar-refractivity contribution >= 4 is 32.4 Å². The van der Waals surface area contributed by atoms with E-state index in [4.69, 9.17) is 0 Å². The Kier molecular flexibility index (Phi) is 6.40. The number of amides is 1. The summed E-state index contributed by atoms with van der Waals surface area (Å²) in [5.41, 5.74) is 1.75. The fourth-order valence-corrected chi connectivity index (χ4v) is 5.81. The number of carbonyl (C=O) groups is 1. The Morgan fingerprint density at radius 1 is 1.21 bits per heavy atom. The third-order valence-electron chi connectivity index (χ3n) is 5.40.